The molecule has 7 nitrogen and oxygen atoms in total. The molecule has 0 spiro atoms. The first kappa shape index (κ1) is 24.0. The second kappa shape index (κ2) is 11.0. The number of thiazole rings is 1. The number of primary sulfonamides is 1. The molecule has 0 saturated heterocycles. The first-order valence-electron chi connectivity index (χ1n) is 13.7. The van der Waals surface area contributed by atoms with Crippen LogP contribution < -0.4 is 5.14 Å². The minimum atomic E-state index is -4.23. The molecule has 1 aliphatic carbocycles. The molecule has 0 amide bonds. The molecule has 1 fully saturated rings. The number of aromatic nitrogens is 2. The van der Waals surface area contributed by atoms with E-state index in [1.807, 2.05) is 34.9 Å². The van der Waals surface area contributed by atoms with Crippen LogP contribution in [-0.4, -0.2) is 30.5 Å². The highest BCUT2D eigenvalue weighted by molar-refractivity contribution is 9.10. The summed E-state index contributed by atoms with van der Waals surface area (Å²) in [5.74, 6) is -1.34. The smallest absolute Gasteiger partial charge is 0.358 e. The van der Waals surface area contributed by atoms with Crippen molar-refractivity contribution < 1.29 is 26.5 Å². The molecule has 39 heavy (non-hydrogen) atoms. The van der Waals surface area contributed by atoms with Crippen LogP contribution in [0.4, 0.5) is 4.39 Å². The van der Waals surface area contributed by atoms with Gasteiger partial charge in [0.1, 0.15) is 15.7 Å². The van der Waals surface area contributed by atoms with Gasteiger partial charge in [-0.1, -0.05) is 34.1 Å². The molecule has 0 radical (unpaired) electrons. The SMILES string of the molecule is [2H]C([2H])([2H])c1sc(-c2cc(-c3cccc(Br)c3)n(Cc3ccc(S(N)(=O)=O)c(F)c3)c2CC2CC2)nc1C(=O)OCC. The lowest BCUT2D eigenvalue weighted by molar-refractivity contribution is 0.0519. The molecule has 5 rings (SSSR count). The number of hydrogen-bond acceptors (Lipinski definition) is 6. The lowest BCUT2D eigenvalue weighted by Gasteiger charge is -2.16. The molecule has 4 aromatic rings. The number of aryl methyl sites for hydroxylation is 1. The van der Waals surface area contributed by atoms with Crippen LogP contribution in [0.1, 0.15) is 50.5 Å². The number of ether oxygens (including phenoxy) is 1. The topological polar surface area (TPSA) is 104 Å². The highest BCUT2D eigenvalue weighted by atomic mass is 79.9. The Kier molecular flexibility index (Phi) is 6.74. The number of nitrogens with zero attached hydrogens (tertiary/aromatic N) is 2. The van der Waals surface area contributed by atoms with Gasteiger partial charge in [0.15, 0.2) is 5.69 Å². The van der Waals surface area contributed by atoms with Crippen LogP contribution in [0.5, 0.6) is 0 Å². The van der Waals surface area contributed by atoms with Crippen LogP contribution in [0.15, 0.2) is 57.9 Å². The van der Waals surface area contributed by atoms with E-state index in [9.17, 15) is 17.6 Å². The van der Waals surface area contributed by atoms with Gasteiger partial charge in [0.05, 0.1) is 6.61 Å². The Balaban J connectivity index is 1.72. The molecule has 0 bridgehead atoms. The molecule has 0 unspecified atom stereocenters. The van der Waals surface area contributed by atoms with Crippen molar-refractivity contribution in [2.45, 2.75) is 44.5 Å². The van der Waals surface area contributed by atoms with Crippen LogP contribution in [0.25, 0.3) is 21.8 Å². The molecule has 1 saturated carbocycles. The number of rotatable bonds is 9. The Labute approximate surface area is 243 Å². The highest BCUT2D eigenvalue weighted by Crippen LogP contribution is 2.42. The average Bonchev–Trinajstić information content (AvgIpc) is 3.48. The Morgan fingerprint density at radius 3 is 2.72 bits per heavy atom. The number of benzene rings is 2. The maximum Gasteiger partial charge on any atom is 0.358 e. The zero-order chi connectivity index (χ0) is 30.4. The van der Waals surface area contributed by atoms with E-state index < -0.39 is 33.6 Å². The van der Waals surface area contributed by atoms with Gasteiger partial charge in [-0.25, -0.2) is 27.7 Å². The molecule has 1 aliphatic rings. The monoisotopic (exact) mass is 634 g/mol. The first-order chi connectivity index (χ1) is 19.8. The predicted octanol–water partition coefficient (Wildman–Crippen LogP) is 6.31. The van der Waals surface area contributed by atoms with Crippen LogP contribution in [0, 0.1) is 18.6 Å². The average molecular weight is 636 g/mol. The van der Waals surface area contributed by atoms with Crippen LogP contribution in [-0.2, 0) is 27.7 Å². The van der Waals surface area contributed by atoms with Gasteiger partial charge < -0.3 is 9.30 Å². The lowest BCUT2D eigenvalue weighted by Crippen LogP contribution is -2.14. The van der Waals surface area contributed by atoms with Crippen molar-refractivity contribution in [3.63, 3.8) is 0 Å². The van der Waals surface area contributed by atoms with Crippen molar-refractivity contribution in [1.82, 2.24) is 9.55 Å². The summed E-state index contributed by atoms with van der Waals surface area (Å²) < 4.78 is 70.4. The fourth-order valence-electron chi connectivity index (χ4n) is 4.49. The van der Waals surface area contributed by atoms with E-state index in [1.54, 1.807) is 6.92 Å². The summed E-state index contributed by atoms with van der Waals surface area (Å²) in [6, 6.07) is 13.4. The first-order valence-corrected chi connectivity index (χ1v) is 15.4. The van der Waals surface area contributed by atoms with Gasteiger partial charge in [0.2, 0.25) is 10.0 Å². The van der Waals surface area contributed by atoms with Crippen molar-refractivity contribution >= 4 is 43.3 Å². The maximum atomic E-state index is 14.8. The van der Waals surface area contributed by atoms with E-state index in [2.05, 4.69) is 20.9 Å². The molecule has 0 atom stereocenters. The zero-order valence-corrected chi connectivity index (χ0v) is 24.1. The fraction of sp³-hybridized carbons (Fsp3) is 0.286. The number of halogens is 2. The summed E-state index contributed by atoms with van der Waals surface area (Å²) in [4.78, 5) is 16.5. The Bertz CT molecular complexity index is 1780. The van der Waals surface area contributed by atoms with Crippen molar-refractivity contribution in [2.75, 3.05) is 6.61 Å². The van der Waals surface area contributed by atoms with E-state index >= 15 is 0 Å². The Hall–Kier alpha value is -2.86. The number of hydrogen-bond donors (Lipinski definition) is 1. The minimum absolute atomic E-state index is 0.0727. The van der Waals surface area contributed by atoms with Gasteiger partial charge in [-0.15, -0.1) is 11.3 Å². The summed E-state index contributed by atoms with van der Waals surface area (Å²) in [5, 5.41) is 5.52. The second-order valence-corrected chi connectivity index (χ2v) is 12.8. The summed E-state index contributed by atoms with van der Waals surface area (Å²) in [5.41, 5.74) is 3.40. The van der Waals surface area contributed by atoms with Crippen molar-refractivity contribution in [3.8, 4) is 21.8 Å². The molecule has 2 aromatic heterocycles. The third-order valence-electron chi connectivity index (χ3n) is 6.48. The van der Waals surface area contributed by atoms with E-state index in [4.69, 9.17) is 14.0 Å². The largest absolute Gasteiger partial charge is 0.461 e. The normalized spacial score (nSPS) is 15.0. The number of sulfonamides is 1. The van der Waals surface area contributed by atoms with E-state index in [0.29, 0.717) is 28.5 Å². The summed E-state index contributed by atoms with van der Waals surface area (Å²) >= 11 is 4.45. The van der Waals surface area contributed by atoms with E-state index in [-0.39, 0.29) is 23.7 Å². The van der Waals surface area contributed by atoms with Crippen LogP contribution in [0.2, 0.25) is 0 Å². The third-order valence-corrected chi connectivity index (χ3v) is 8.82. The fourth-order valence-corrected chi connectivity index (χ4v) is 6.32. The van der Waals surface area contributed by atoms with Crippen molar-refractivity contribution in [3.05, 3.63) is 80.6 Å². The predicted molar refractivity (Wildman–Crippen MR) is 153 cm³/mol. The van der Waals surface area contributed by atoms with Crippen LogP contribution >= 0.6 is 27.3 Å². The zero-order valence-electron chi connectivity index (χ0n) is 23.9. The van der Waals surface area contributed by atoms with Gasteiger partial charge in [0.25, 0.3) is 0 Å². The number of carbonyl (C=O) groups excluding carboxylic acids is 1. The summed E-state index contributed by atoms with van der Waals surface area (Å²) in [6.07, 6.45) is 2.71. The Morgan fingerprint density at radius 1 is 1.28 bits per heavy atom. The second-order valence-electron chi connectivity index (χ2n) is 9.36. The van der Waals surface area contributed by atoms with E-state index in [0.717, 1.165) is 57.7 Å². The summed E-state index contributed by atoms with van der Waals surface area (Å²) in [7, 11) is -4.23. The van der Waals surface area contributed by atoms with Gasteiger partial charge in [-0.2, -0.15) is 0 Å². The highest BCUT2D eigenvalue weighted by Gasteiger charge is 2.29. The molecule has 2 N–H and O–H groups in total. The molecular formula is C28H27BrFN3O4S2. The lowest BCUT2D eigenvalue weighted by atomic mass is 10.1. The van der Waals surface area contributed by atoms with E-state index in [1.165, 1.54) is 6.07 Å². The van der Waals surface area contributed by atoms with Gasteiger partial charge in [-0.05, 0) is 80.4 Å². The minimum Gasteiger partial charge on any atom is -0.461 e. The summed E-state index contributed by atoms with van der Waals surface area (Å²) in [6.45, 7) is -0.680. The third kappa shape index (κ3) is 6.01. The molecule has 2 aromatic carbocycles. The van der Waals surface area contributed by atoms with Gasteiger partial charge in [-0.3, -0.25) is 0 Å². The number of nitrogens with two attached hydrogens (primary N) is 1. The molecule has 11 heteroatoms. The van der Waals surface area contributed by atoms with Gasteiger partial charge >= 0.3 is 5.97 Å². The van der Waals surface area contributed by atoms with Crippen molar-refractivity contribution in [2.24, 2.45) is 11.1 Å². The number of carbonyl (C=O) groups is 1. The standard InChI is InChI=1S/C28H27BrFN3O4S2/c1-3-37-28(34)26-16(2)38-27(32-26)21-14-23(19-5-4-6-20(29)13-19)33(24(21)12-17-7-8-17)15-18-9-10-25(22(30)11-18)39(31,35)36/h4-6,9-11,13-14,17H,3,7-8,12,15H2,1-2H3,(H2,31,35,36)/i2D3. The van der Waals surface area contributed by atoms with Gasteiger partial charge in [0, 0.05) is 37.0 Å². The molecule has 2 heterocycles. The number of esters is 1. The van der Waals surface area contributed by atoms with Crippen molar-refractivity contribution in [1.29, 1.82) is 0 Å². The molecule has 0 aliphatic heterocycles. The quantitative estimate of drug-likeness (QED) is 0.217. The Morgan fingerprint density at radius 2 is 2.08 bits per heavy atom. The molecular weight excluding hydrogens is 605 g/mol. The molecule has 204 valence electrons. The van der Waals surface area contributed by atoms with Crippen LogP contribution in [0.3, 0.4) is 0 Å². The maximum absolute atomic E-state index is 14.8.